The summed E-state index contributed by atoms with van der Waals surface area (Å²) in [6.45, 7) is 3.96. The molecule has 0 saturated carbocycles. The number of ether oxygens (including phenoxy) is 1. The second kappa shape index (κ2) is 8.72. The van der Waals surface area contributed by atoms with Crippen LogP contribution in [0.5, 0.6) is 5.75 Å². The number of amides is 1. The van der Waals surface area contributed by atoms with Crippen molar-refractivity contribution in [3.63, 3.8) is 0 Å². The number of ketones is 1. The monoisotopic (exact) mass is 464 g/mol. The number of benzene rings is 2. The van der Waals surface area contributed by atoms with Crippen LogP contribution in [-0.2, 0) is 0 Å². The van der Waals surface area contributed by atoms with Gasteiger partial charge in [-0.25, -0.2) is 0 Å². The fourth-order valence-electron chi connectivity index (χ4n) is 5.14. The zero-order chi connectivity index (χ0) is 23.9. The number of carbonyl (C=O) groups excluding carboxylic acids is 2. The number of nitro groups is 1. The first-order valence-corrected chi connectivity index (χ1v) is 11.7. The van der Waals surface area contributed by atoms with Gasteiger partial charge in [-0.3, -0.25) is 19.7 Å². The first-order valence-electron chi connectivity index (χ1n) is 11.7. The van der Waals surface area contributed by atoms with E-state index in [9.17, 15) is 19.7 Å². The lowest BCUT2D eigenvalue weighted by Crippen LogP contribution is -2.52. The van der Waals surface area contributed by atoms with E-state index in [1.54, 1.807) is 23.1 Å². The quantitative estimate of drug-likeness (QED) is 0.509. The van der Waals surface area contributed by atoms with Gasteiger partial charge in [-0.2, -0.15) is 0 Å². The number of nitro benzene ring substituents is 1. The van der Waals surface area contributed by atoms with Crippen molar-refractivity contribution in [2.45, 2.75) is 24.9 Å². The molecule has 0 bridgehead atoms. The second-order valence-corrected chi connectivity index (χ2v) is 9.42. The van der Waals surface area contributed by atoms with Crippen LogP contribution in [-0.4, -0.2) is 78.3 Å². The number of piperazine rings is 1. The Morgan fingerprint density at radius 2 is 1.74 bits per heavy atom. The lowest BCUT2D eigenvalue weighted by Gasteiger charge is -2.44. The van der Waals surface area contributed by atoms with Crippen LogP contribution < -0.4 is 9.64 Å². The summed E-state index contributed by atoms with van der Waals surface area (Å²) in [5, 5.41) is 11.8. The van der Waals surface area contributed by atoms with E-state index in [2.05, 4.69) is 4.90 Å². The second-order valence-electron chi connectivity index (χ2n) is 9.42. The van der Waals surface area contributed by atoms with Gasteiger partial charge in [0.15, 0.2) is 5.78 Å². The third kappa shape index (κ3) is 4.11. The number of hydrogen-bond donors (Lipinski definition) is 0. The highest BCUT2D eigenvalue weighted by molar-refractivity contribution is 6.00. The average Bonchev–Trinajstić information content (AvgIpc) is 2.84. The summed E-state index contributed by atoms with van der Waals surface area (Å²) >= 11 is 0. The van der Waals surface area contributed by atoms with Gasteiger partial charge in [-0.1, -0.05) is 12.1 Å². The minimum Gasteiger partial charge on any atom is -0.486 e. The summed E-state index contributed by atoms with van der Waals surface area (Å²) in [7, 11) is 2.03. The van der Waals surface area contributed by atoms with Crippen LogP contribution >= 0.6 is 0 Å². The molecule has 0 N–H and O–H groups in total. The van der Waals surface area contributed by atoms with Crippen LogP contribution in [0.15, 0.2) is 42.5 Å². The SMILES string of the molecule is CN1CCN(c2ccc(C(=O)N3CCC4(CC3)CC(=O)c3ccccc3O4)cc2[N+](=O)[O-])CC1. The molecule has 2 saturated heterocycles. The number of hydrogen-bond acceptors (Lipinski definition) is 7. The molecule has 5 rings (SSSR count). The molecule has 9 nitrogen and oxygen atoms in total. The highest BCUT2D eigenvalue weighted by atomic mass is 16.6. The molecule has 178 valence electrons. The number of piperidine rings is 1. The van der Waals surface area contributed by atoms with E-state index in [1.165, 1.54) is 6.07 Å². The normalized spacial score (nSPS) is 20.1. The number of rotatable bonds is 3. The fraction of sp³-hybridized carbons (Fsp3) is 0.440. The summed E-state index contributed by atoms with van der Waals surface area (Å²) in [5.41, 5.74) is 0.840. The number of Topliss-reactive ketones (excluding diaryl/α,β-unsaturated/α-hetero) is 1. The maximum absolute atomic E-state index is 13.2. The minimum atomic E-state index is -0.598. The smallest absolute Gasteiger partial charge is 0.293 e. The maximum atomic E-state index is 13.2. The zero-order valence-corrected chi connectivity index (χ0v) is 19.2. The number of fused-ring (bicyclic) bond motifs is 1. The van der Waals surface area contributed by atoms with Gasteiger partial charge in [0.2, 0.25) is 0 Å². The van der Waals surface area contributed by atoms with Crippen LogP contribution in [0.1, 0.15) is 40.0 Å². The lowest BCUT2D eigenvalue weighted by atomic mass is 9.82. The Balaban J connectivity index is 1.30. The number of nitrogens with zero attached hydrogens (tertiary/aromatic N) is 4. The van der Waals surface area contributed by atoms with E-state index in [1.807, 2.05) is 30.1 Å². The molecule has 9 heteroatoms. The number of anilines is 1. The molecule has 1 spiro atoms. The van der Waals surface area contributed by atoms with Crippen LogP contribution in [0.25, 0.3) is 0 Å². The third-order valence-corrected chi connectivity index (χ3v) is 7.22. The fourth-order valence-corrected chi connectivity index (χ4v) is 5.14. The molecule has 0 unspecified atom stereocenters. The summed E-state index contributed by atoms with van der Waals surface area (Å²) < 4.78 is 6.25. The molecule has 3 heterocycles. The molecule has 34 heavy (non-hydrogen) atoms. The number of likely N-dealkylation sites (tertiary alicyclic amines) is 1. The third-order valence-electron chi connectivity index (χ3n) is 7.22. The number of carbonyl (C=O) groups is 2. The van der Waals surface area contributed by atoms with E-state index in [0.29, 0.717) is 68.0 Å². The van der Waals surface area contributed by atoms with Gasteiger partial charge in [-0.15, -0.1) is 0 Å². The summed E-state index contributed by atoms with van der Waals surface area (Å²) in [6, 6.07) is 12.0. The molecule has 0 aromatic heterocycles. The van der Waals surface area contributed by atoms with Gasteiger partial charge in [0.25, 0.3) is 11.6 Å². The summed E-state index contributed by atoms with van der Waals surface area (Å²) in [6.07, 6.45) is 1.39. The van der Waals surface area contributed by atoms with Gasteiger partial charge < -0.3 is 19.4 Å². The van der Waals surface area contributed by atoms with Gasteiger partial charge in [0.05, 0.1) is 16.9 Å². The van der Waals surface area contributed by atoms with Crippen LogP contribution in [0.3, 0.4) is 0 Å². The Kier molecular flexibility index (Phi) is 5.73. The van der Waals surface area contributed by atoms with E-state index < -0.39 is 10.5 Å². The lowest BCUT2D eigenvalue weighted by molar-refractivity contribution is -0.384. The first-order chi connectivity index (χ1) is 16.3. The van der Waals surface area contributed by atoms with Crippen molar-refractivity contribution in [2.75, 3.05) is 51.2 Å². The molecular formula is C25H28N4O5. The van der Waals surface area contributed by atoms with Crippen molar-refractivity contribution in [1.29, 1.82) is 0 Å². The molecule has 2 fully saturated rings. The van der Waals surface area contributed by atoms with E-state index in [-0.39, 0.29) is 17.4 Å². The predicted octanol–water partition coefficient (Wildman–Crippen LogP) is 2.99. The van der Waals surface area contributed by atoms with Gasteiger partial charge in [0, 0.05) is 63.7 Å². The zero-order valence-electron chi connectivity index (χ0n) is 19.2. The van der Waals surface area contributed by atoms with Gasteiger partial charge in [0.1, 0.15) is 17.0 Å². The minimum absolute atomic E-state index is 0.0401. The first kappa shape index (κ1) is 22.3. The Morgan fingerprint density at radius 1 is 1.03 bits per heavy atom. The Labute approximate surface area is 198 Å². The molecule has 3 aliphatic rings. The largest absolute Gasteiger partial charge is 0.486 e. The van der Waals surface area contributed by atoms with Crippen LogP contribution in [0.2, 0.25) is 0 Å². The maximum Gasteiger partial charge on any atom is 0.293 e. The van der Waals surface area contributed by atoms with Crippen LogP contribution in [0, 0.1) is 10.1 Å². The van der Waals surface area contributed by atoms with E-state index >= 15 is 0 Å². The molecule has 0 radical (unpaired) electrons. The molecule has 2 aromatic rings. The van der Waals surface area contributed by atoms with Crippen LogP contribution in [0.4, 0.5) is 11.4 Å². The predicted molar refractivity (Wildman–Crippen MR) is 127 cm³/mol. The molecule has 0 atom stereocenters. The number of para-hydroxylation sites is 1. The summed E-state index contributed by atoms with van der Waals surface area (Å²) in [4.78, 5) is 43.2. The Bertz CT molecular complexity index is 1130. The number of likely N-dealkylation sites (N-methyl/N-ethyl adjacent to an activating group) is 1. The topological polar surface area (TPSA) is 96.2 Å². The van der Waals surface area contributed by atoms with Gasteiger partial charge >= 0.3 is 0 Å². The van der Waals surface area contributed by atoms with Crippen molar-refractivity contribution in [2.24, 2.45) is 0 Å². The Morgan fingerprint density at radius 3 is 2.44 bits per heavy atom. The van der Waals surface area contributed by atoms with Crippen molar-refractivity contribution >= 4 is 23.1 Å². The van der Waals surface area contributed by atoms with Crippen molar-refractivity contribution in [3.05, 3.63) is 63.7 Å². The Hall–Kier alpha value is -3.46. The van der Waals surface area contributed by atoms with E-state index in [0.717, 1.165) is 13.1 Å². The van der Waals surface area contributed by atoms with E-state index in [4.69, 9.17) is 4.74 Å². The molecule has 1 amide bonds. The van der Waals surface area contributed by atoms with Crippen molar-refractivity contribution < 1.29 is 19.2 Å². The molecule has 2 aromatic carbocycles. The summed E-state index contributed by atoms with van der Waals surface area (Å²) in [5.74, 6) is 0.441. The standard InChI is InChI=1S/C25H28N4O5/c1-26-12-14-27(15-13-26)20-7-6-18(16-21(20)29(32)33)24(31)28-10-8-25(9-11-28)17-22(30)19-4-2-3-5-23(19)34-25/h2-7,16H,8-15,17H2,1H3. The average molecular weight is 465 g/mol. The van der Waals surface area contributed by atoms with Gasteiger partial charge in [-0.05, 0) is 31.3 Å². The van der Waals surface area contributed by atoms with Crippen molar-refractivity contribution in [3.8, 4) is 5.75 Å². The highest BCUT2D eigenvalue weighted by Gasteiger charge is 2.43. The molecule has 0 aliphatic carbocycles. The molecule has 3 aliphatic heterocycles. The highest BCUT2D eigenvalue weighted by Crippen LogP contribution is 2.39. The molecular weight excluding hydrogens is 436 g/mol. The van der Waals surface area contributed by atoms with Crippen molar-refractivity contribution in [1.82, 2.24) is 9.80 Å².